The van der Waals surface area contributed by atoms with Gasteiger partial charge in [-0.25, -0.2) is 4.57 Å². The summed E-state index contributed by atoms with van der Waals surface area (Å²) in [5.41, 5.74) is 0. The fourth-order valence-electron chi connectivity index (χ4n) is 10.6. The number of carbonyl (C=O) groups is 2. The number of phosphoric ester groups is 1. The van der Waals surface area contributed by atoms with Crippen LogP contribution in [0.3, 0.4) is 0 Å². The third-order valence-electron chi connectivity index (χ3n) is 16.2. The second-order valence-electron chi connectivity index (χ2n) is 26.0. The van der Waals surface area contributed by atoms with E-state index in [-0.39, 0.29) is 32.0 Å². The fraction of sp³-hybridized carbons (Fsp3) is 0.792. The van der Waals surface area contributed by atoms with Gasteiger partial charge in [0.2, 0.25) is 0 Å². The van der Waals surface area contributed by atoms with E-state index in [9.17, 15) is 19.0 Å². The van der Waals surface area contributed by atoms with E-state index in [1.807, 2.05) is 21.1 Å². The minimum atomic E-state index is -4.40. The van der Waals surface area contributed by atoms with Gasteiger partial charge in [-0.1, -0.05) is 343 Å². The van der Waals surface area contributed by atoms with E-state index in [1.54, 1.807) is 0 Å². The zero-order valence-corrected chi connectivity index (χ0v) is 58.6. The van der Waals surface area contributed by atoms with Crippen molar-refractivity contribution in [3.8, 4) is 0 Å². The predicted octanol–water partition coefficient (Wildman–Crippen LogP) is 24.1. The molecule has 0 fully saturated rings. The standard InChI is InChI=1S/C77H140NO8P/c1-6-8-10-12-14-16-18-20-22-24-26-28-30-32-34-36-38-40-41-43-45-47-49-51-53-55-57-59-61-63-65-67-69-76(79)83-73-75(74-85-87(81,82)84-72-71-78(3,4)5)86-77(80)70-68-66-64-62-60-58-56-54-52-50-48-46-44-42-39-37-35-33-31-29-27-25-23-21-19-17-15-13-11-9-7-2/h9,11,15,17,21,23,27,29,33,35,39,42,46,48,75H,6-8,10,12-14,16,18-20,22,24-26,28,30-32,34,36-38,40-41,43-45,47,49-74H2,1-5H3/p+1/b11-9-,17-15-,23-21-,29-27-,35-33-,42-39-,48-46-. The number of ether oxygens (including phenoxy) is 2. The highest BCUT2D eigenvalue weighted by Gasteiger charge is 2.27. The average molecular weight is 1240 g/mol. The second kappa shape index (κ2) is 67.6. The molecule has 9 nitrogen and oxygen atoms in total. The van der Waals surface area contributed by atoms with E-state index in [2.05, 4.69) is 98.9 Å². The molecule has 10 heteroatoms. The van der Waals surface area contributed by atoms with Crippen LogP contribution in [0.1, 0.15) is 341 Å². The molecule has 1 N–H and O–H groups in total. The average Bonchev–Trinajstić information content (AvgIpc) is 3.62. The molecule has 2 atom stereocenters. The normalized spacial score (nSPS) is 13.6. The molecule has 0 aliphatic carbocycles. The van der Waals surface area contributed by atoms with Gasteiger partial charge >= 0.3 is 19.8 Å². The van der Waals surface area contributed by atoms with Gasteiger partial charge in [0.05, 0.1) is 27.7 Å². The van der Waals surface area contributed by atoms with Crippen molar-refractivity contribution in [1.29, 1.82) is 0 Å². The summed E-state index contributed by atoms with van der Waals surface area (Å²) in [5, 5.41) is 0. The van der Waals surface area contributed by atoms with E-state index in [0.29, 0.717) is 17.4 Å². The van der Waals surface area contributed by atoms with Gasteiger partial charge in [-0.15, -0.1) is 0 Å². The summed E-state index contributed by atoms with van der Waals surface area (Å²) in [6.07, 6.45) is 92.8. The minimum absolute atomic E-state index is 0.0287. The zero-order valence-electron chi connectivity index (χ0n) is 57.8. The Kier molecular flexibility index (Phi) is 65.4. The van der Waals surface area contributed by atoms with E-state index in [0.717, 1.165) is 89.9 Å². The molecule has 2 unspecified atom stereocenters. The van der Waals surface area contributed by atoms with Gasteiger partial charge in [0.1, 0.15) is 19.8 Å². The van der Waals surface area contributed by atoms with Crippen LogP contribution in [-0.2, 0) is 32.7 Å². The van der Waals surface area contributed by atoms with E-state index in [4.69, 9.17) is 18.5 Å². The lowest BCUT2D eigenvalue weighted by atomic mass is 10.0. The molecule has 0 rings (SSSR count). The third-order valence-corrected chi connectivity index (χ3v) is 17.2. The van der Waals surface area contributed by atoms with Crippen molar-refractivity contribution in [2.45, 2.75) is 347 Å². The monoisotopic (exact) mass is 1240 g/mol. The highest BCUT2D eigenvalue weighted by atomic mass is 31.2. The summed E-state index contributed by atoms with van der Waals surface area (Å²) in [7, 11) is 1.48. The first-order chi connectivity index (χ1) is 42.5. The second-order valence-corrected chi connectivity index (χ2v) is 27.4. The molecule has 0 aliphatic rings. The quantitative estimate of drug-likeness (QED) is 0.0211. The topological polar surface area (TPSA) is 108 Å². The number of carbonyl (C=O) groups excluding carboxylic acids is 2. The Labute approximate surface area is 539 Å². The molecule has 0 heterocycles. The lowest BCUT2D eigenvalue weighted by molar-refractivity contribution is -0.870. The molecule has 0 saturated heterocycles. The van der Waals surface area contributed by atoms with E-state index < -0.39 is 26.5 Å². The number of unbranched alkanes of at least 4 members (excludes halogenated alkanes) is 40. The number of nitrogens with zero attached hydrogens (tertiary/aromatic N) is 1. The van der Waals surface area contributed by atoms with Gasteiger partial charge in [-0.05, 0) is 70.6 Å². The number of phosphoric acid groups is 1. The third kappa shape index (κ3) is 72.1. The maximum absolute atomic E-state index is 12.9. The van der Waals surface area contributed by atoms with Crippen LogP contribution >= 0.6 is 7.82 Å². The number of quaternary nitrogens is 1. The van der Waals surface area contributed by atoms with Crippen molar-refractivity contribution in [3.63, 3.8) is 0 Å². The van der Waals surface area contributed by atoms with Gasteiger partial charge in [0, 0.05) is 12.8 Å². The number of likely N-dealkylation sites (N-methyl/N-ethyl adjacent to an activating group) is 1. The summed E-state index contributed by atoms with van der Waals surface area (Å²) in [6, 6.07) is 0. The Morgan fingerprint density at radius 3 is 0.977 bits per heavy atom. The first kappa shape index (κ1) is 84.2. The molecule has 0 radical (unpaired) electrons. The van der Waals surface area contributed by atoms with Crippen LogP contribution in [0.15, 0.2) is 85.1 Å². The lowest BCUT2D eigenvalue weighted by Gasteiger charge is -2.24. The smallest absolute Gasteiger partial charge is 0.462 e. The Morgan fingerprint density at radius 1 is 0.368 bits per heavy atom. The Morgan fingerprint density at radius 2 is 0.655 bits per heavy atom. The van der Waals surface area contributed by atoms with Crippen LogP contribution in [0.2, 0.25) is 0 Å². The lowest BCUT2D eigenvalue weighted by Crippen LogP contribution is -2.37. The first-order valence-corrected chi connectivity index (χ1v) is 38.3. The summed E-state index contributed by atoms with van der Waals surface area (Å²) in [6.45, 7) is 4.36. The molecule has 0 aromatic carbocycles. The predicted molar refractivity (Wildman–Crippen MR) is 376 cm³/mol. The van der Waals surface area contributed by atoms with Crippen LogP contribution in [0.25, 0.3) is 0 Å². The highest BCUT2D eigenvalue weighted by Crippen LogP contribution is 2.43. The largest absolute Gasteiger partial charge is 0.472 e. The molecule has 0 spiro atoms. The Hall–Kier alpha value is -2.81. The van der Waals surface area contributed by atoms with Gasteiger partial charge in [0.25, 0.3) is 0 Å². The van der Waals surface area contributed by atoms with Crippen LogP contribution < -0.4 is 0 Å². The molecule has 506 valence electrons. The van der Waals surface area contributed by atoms with E-state index in [1.165, 1.54) is 218 Å². The SMILES string of the molecule is CC/C=C\C/C=C\C/C=C\C/C=C\C/C=C\C/C=C\C/C=C\CCCCCCCCCCCC(=O)OC(COC(=O)CCCCCCCCCCCCCCCCCCCCCCCCCCCCCCCCCC)COP(=O)(O)OCC[N+](C)(C)C. The summed E-state index contributed by atoms with van der Waals surface area (Å²) in [4.78, 5) is 35.9. The number of rotatable bonds is 68. The van der Waals surface area contributed by atoms with Crippen molar-refractivity contribution in [1.82, 2.24) is 0 Å². The molecular formula is C77H141NO8P+. The maximum Gasteiger partial charge on any atom is 0.472 e. The molecule has 0 amide bonds. The molecule has 0 aromatic heterocycles. The summed E-state index contributed by atoms with van der Waals surface area (Å²) in [5.74, 6) is -0.793. The summed E-state index contributed by atoms with van der Waals surface area (Å²) >= 11 is 0. The number of esters is 2. The van der Waals surface area contributed by atoms with Gasteiger partial charge < -0.3 is 18.9 Å². The number of hydrogen-bond acceptors (Lipinski definition) is 7. The van der Waals surface area contributed by atoms with Crippen molar-refractivity contribution in [3.05, 3.63) is 85.1 Å². The van der Waals surface area contributed by atoms with Gasteiger partial charge in [-0.2, -0.15) is 0 Å². The molecular weight excluding hydrogens is 1100 g/mol. The first-order valence-electron chi connectivity index (χ1n) is 36.8. The molecule has 0 aliphatic heterocycles. The highest BCUT2D eigenvalue weighted by molar-refractivity contribution is 7.47. The van der Waals surface area contributed by atoms with Crippen LogP contribution in [0.4, 0.5) is 0 Å². The van der Waals surface area contributed by atoms with Crippen LogP contribution in [0.5, 0.6) is 0 Å². The molecule has 0 saturated carbocycles. The van der Waals surface area contributed by atoms with Gasteiger partial charge in [0.15, 0.2) is 6.10 Å². The fourth-order valence-corrected chi connectivity index (χ4v) is 11.3. The molecule has 0 bridgehead atoms. The Balaban J connectivity index is 4.02. The maximum atomic E-state index is 12.9. The minimum Gasteiger partial charge on any atom is -0.462 e. The van der Waals surface area contributed by atoms with Crippen molar-refractivity contribution < 1.29 is 42.1 Å². The Bertz CT molecular complexity index is 1740. The summed E-state index contributed by atoms with van der Waals surface area (Å²) < 4.78 is 34.8. The molecule has 87 heavy (non-hydrogen) atoms. The van der Waals surface area contributed by atoms with Crippen LogP contribution in [-0.4, -0.2) is 74.9 Å². The van der Waals surface area contributed by atoms with Crippen LogP contribution in [0, 0.1) is 0 Å². The van der Waals surface area contributed by atoms with Crippen molar-refractivity contribution >= 4 is 19.8 Å². The van der Waals surface area contributed by atoms with Gasteiger partial charge in [-0.3, -0.25) is 18.6 Å². The zero-order chi connectivity index (χ0) is 63.4. The van der Waals surface area contributed by atoms with Crippen molar-refractivity contribution in [2.75, 3.05) is 47.5 Å². The number of allylic oxidation sites excluding steroid dienone is 14. The number of hydrogen-bond donors (Lipinski definition) is 1. The molecule has 0 aromatic rings. The van der Waals surface area contributed by atoms with Crippen molar-refractivity contribution in [2.24, 2.45) is 0 Å². The van der Waals surface area contributed by atoms with E-state index >= 15 is 0 Å².